The molecular weight excluding hydrogens is 543 g/mol. The molecule has 0 aliphatic carbocycles. The summed E-state index contributed by atoms with van der Waals surface area (Å²) < 4.78 is 53.5. The molecule has 2 N–H and O–H groups in total. The first-order chi connectivity index (χ1) is 20.3. The molecule has 42 heavy (non-hydrogen) atoms. The Bertz CT molecular complexity index is 1710. The predicted molar refractivity (Wildman–Crippen MR) is 155 cm³/mol. The maximum atomic E-state index is 16.8. The smallest absolute Gasteiger partial charge is 0.319 e. The normalized spacial score (nSPS) is 27.5. The molecule has 2 aromatic carbocycles. The number of aromatic nitrogens is 4. The Balaban J connectivity index is 1.28. The number of ether oxygens (including phenoxy) is 1. The maximum Gasteiger partial charge on any atom is 0.319 e. The van der Waals surface area contributed by atoms with Crippen molar-refractivity contribution in [1.82, 2.24) is 30.4 Å². The number of anilines is 1. The summed E-state index contributed by atoms with van der Waals surface area (Å²) in [5, 5.41) is 11.9. The van der Waals surface area contributed by atoms with E-state index in [1.54, 1.807) is 0 Å². The van der Waals surface area contributed by atoms with E-state index in [9.17, 15) is 4.39 Å². The highest BCUT2D eigenvalue weighted by Gasteiger charge is 2.49. The number of halogens is 3. The summed E-state index contributed by atoms with van der Waals surface area (Å²) in [7, 11) is 0. The zero-order valence-electron chi connectivity index (χ0n) is 23.8. The molecule has 6 heterocycles. The molecule has 0 saturated carbocycles. The highest BCUT2D eigenvalue weighted by Crippen LogP contribution is 2.43. The second-order valence-electron chi connectivity index (χ2n) is 12.7. The molecule has 4 saturated heterocycles. The van der Waals surface area contributed by atoms with Crippen LogP contribution < -0.4 is 15.0 Å². The molecule has 4 atom stereocenters. The monoisotopic (exact) mass is 577 g/mol. The third-order valence-corrected chi connectivity index (χ3v) is 9.95. The van der Waals surface area contributed by atoms with Gasteiger partial charge in [-0.2, -0.15) is 15.1 Å². The molecule has 0 amide bonds. The zero-order valence-corrected chi connectivity index (χ0v) is 23.8. The number of H-pyrrole nitrogens is 1. The van der Waals surface area contributed by atoms with Gasteiger partial charge in [0.15, 0.2) is 5.82 Å². The van der Waals surface area contributed by atoms with Crippen molar-refractivity contribution >= 4 is 27.6 Å². The van der Waals surface area contributed by atoms with Crippen LogP contribution in [0.15, 0.2) is 18.2 Å². The summed E-state index contributed by atoms with van der Waals surface area (Å²) in [4.78, 5) is 13.6. The van der Waals surface area contributed by atoms with Gasteiger partial charge in [0.25, 0.3) is 0 Å². The van der Waals surface area contributed by atoms with Crippen molar-refractivity contribution in [2.24, 2.45) is 0 Å². The summed E-state index contributed by atoms with van der Waals surface area (Å²) in [5.41, 5.74) is 2.04. The third kappa shape index (κ3) is 4.00. The van der Waals surface area contributed by atoms with Gasteiger partial charge in [0.05, 0.1) is 16.6 Å². The lowest BCUT2D eigenvalue weighted by Crippen LogP contribution is -2.51. The van der Waals surface area contributed by atoms with Crippen molar-refractivity contribution in [3.63, 3.8) is 0 Å². The minimum absolute atomic E-state index is 0.0189. The lowest BCUT2D eigenvalue weighted by atomic mass is 9.93. The summed E-state index contributed by atoms with van der Waals surface area (Å²) in [6.45, 7) is 6.53. The van der Waals surface area contributed by atoms with E-state index in [2.05, 4.69) is 30.3 Å². The first-order valence-electron chi connectivity index (χ1n) is 15.0. The fourth-order valence-corrected chi connectivity index (χ4v) is 8.00. The van der Waals surface area contributed by atoms with Crippen LogP contribution in [0.25, 0.3) is 32.9 Å². The first kappa shape index (κ1) is 26.2. The van der Waals surface area contributed by atoms with Crippen LogP contribution in [0.2, 0.25) is 0 Å². The second-order valence-corrected chi connectivity index (χ2v) is 12.7. The summed E-state index contributed by atoms with van der Waals surface area (Å²) in [6.07, 6.45) is 3.45. The quantitative estimate of drug-likeness (QED) is 0.347. The van der Waals surface area contributed by atoms with Crippen LogP contribution in [-0.2, 0) is 0 Å². The number of rotatable bonds is 5. The maximum absolute atomic E-state index is 16.8. The van der Waals surface area contributed by atoms with Crippen LogP contribution in [0.3, 0.4) is 0 Å². The fourth-order valence-electron chi connectivity index (χ4n) is 8.00. The molecule has 0 radical (unpaired) electrons. The zero-order chi connectivity index (χ0) is 28.7. The molecule has 2 aromatic heterocycles. The van der Waals surface area contributed by atoms with Crippen molar-refractivity contribution < 1.29 is 17.9 Å². The summed E-state index contributed by atoms with van der Waals surface area (Å²) in [5.74, 6) is -0.950. The molecule has 2 bridgehead atoms. The van der Waals surface area contributed by atoms with Crippen LogP contribution in [0, 0.1) is 25.5 Å². The first-order valence-corrected chi connectivity index (χ1v) is 15.0. The number of hydrogen-bond donors (Lipinski definition) is 2. The SMILES string of the molecule is Cc1ccc2n[nH]c(C)c2c1-c1c(F)cc2c(N3C[C@H]4CC[C@@H](C3)N4)nc(OC[C@@]34CCCN3C[C@H](F)C4)nc2c1F. The van der Waals surface area contributed by atoms with Crippen LogP contribution in [0.1, 0.15) is 43.4 Å². The minimum Gasteiger partial charge on any atom is -0.461 e. The molecule has 0 spiro atoms. The Kier molecular flexibility index (Phi) is 5.95. The van der Waals surface area contributed by atoms with Gasteiger partial charge in [0.1, 0.15) is 29.9 Å². The van der Waals surface area contributed by atoms with Gasteiger partial charge >= 0.3 is 6.01 Å². The highest BCUT2D eigenvalue weighted by molar-refractivity contribution is 6.02. The van der Waals surface area contributed by atoms with Crippen molar-refractivity contribution in [3.8, 4) is 17.1 Å². The van der Waals surface area contributed by atoms with Gasteiger partial charge in [-0.3, -0.25) is 10.00 Å². The van der Waals surface area contributed by atoms with Crippen LogP contribution in [0.4, 0.5) is 19.0 Å². The molecule has 11 heteroatoms. The van der Waals surface area contributed by atoms with Gasteiger partial charge in [-0.15, -0.1) is 0 Å². The number of nitrogens with one attached hydrogen (secondary N) is 2. The van der Waals surface area contributed by atoms with Crippen LogP contribution in [0.5, 0.6) is 6.01 Å². The van der Waals surface area contributed by atoms with E-state index in [0.717, 1.165) is 43.5 Å². The average Bonchev–Trinajstić information content (AvgIpc) is 3.70. The standard InChI is InChI=1S/C31H34F3N7O/c1-16-4-7-23-25(17(2)38-39-23)24(16)26-22(33)10-21-28(27(26)34)36-30(37-29(21)40-13-19-5-6-20(14-40)35-19)42-15-31-8-3-9-41(31)12-18(32)11-31/h4,7,10,18-20,35H,3,5-6,8-9,11-15H2,1-2H3,(H,38,39)/t18-,19-,20+,31+/m1/s1. The van der Waals surface area contributed by atoms with Crippen molar-refractivity contribution in [3.05, 3.63) is 41.1 Å². The molecule has 4 aliphatic heterocycles. The molecular formula is C31H34F3N7O. The topological polar surface area (TPSA) is 82.2 Å². The predicted octanol–water partition coefficient (Wildman–Crippen LogP) is 4.96. The van der Waals surface area contributed by atoms with E-state index in [-0.39, 0.29) is 23.7 Å². The van der Waals surface area contributed by atoms with E-state index in [1.165, 1.54) is 6.07 Å². The van der Waals surface area contributed by atoms with Crippen molar-refractivity contribution in [2.75, 3.05) is 37.7 Å². The molecule has 8 nitrogen and oxygen atoms in total. The minimum atomic E-state index is -0.890. The van der Waals surface area contributed by atoms with E-state index in [4.69, 9.17) is 9.72 Å². The van der Waals surface area contributed by atoms with E-state index in [0.29, 0.717) is 65.8 Å². The number of alkyl halides is 1. The number of fused-ring (bicyclic) bond motifs is 5. The van der Waals surface area contributed by atoms with Crippen LogP contribution in [-0.4, -0.2) is 81.6 Å². The molecule has 220 valence electrons. The number of piperazine rings is 1. The third-order valence-electron chi connectivity index (χ3n) is 9.95. The largest absolute Gasteiger partial charge is 0.461 e. The highest BCUT2D eigenvalue weighted by atomic mass is 19.1. The lowest BCUT2D eigenvalue weighted by molar-refractivity contribution is 0.107. The Hall–Kier alpha value is -3.44. The molecule has 4 fully saturated rings. The number of aromatic amines is 1. The Labute approximate surface area is 241 Å². The molecule has 8 rings (SSSR count). The van der Waals surface area contributed by atoms with E-state index in [1.807, 2.05) is 26.0 Å². The van der Waals surface area contributed by atoms with Gasteiger partial charge in [-0.1, -0.05) is 6.07 Å². The fraction of sp³-hybridized carbons (Fsp3) is 0.516. The van der Waals surface area contributed by atoms with Crippen LogP contribution >= 0.6 is 0 Å². The Morgan fingerprint density at radius 1 is 1.07 bits per heavy atom. The molecule has 0 unspecified atom stereocenters. The average molecular weight is 578 g/mol. The van der Waals surface area contributed by atoms with Crippen molar-refractivity contribution in [2.45, 2.75) is 69.7 Å². The Morgan fingerprint density at radius 2 is 1.88 bits per heavy atom. The number of hydrogen-bond acceptors (Lipinski definition) is 7. The van der Waals surface area contributed by atoms with E-state index < -0.39 is 23.3 Å². The van der Waals surface area contributed by atoms with E-state index >= 15 is 8.78 Å². The van der Waals surface area contributed by atoms with Gasteiger partial charge in [0, 0.05) is 60.2 Å². The number of aryl methyl sites for hydroxylation is 2. The second kappa shape index (κ2) is 9.54. The van der Waals surface area contributed by atoms with Gasteiger partial charge < -0.3 is 15.0 Å². The van der Waals surface area contributed by atoms with Gasteiger partial charge in [-0.25, -0.2) is 13.2 Å². The summed E-state index contributed by atoms with van der Waals surface area (Å²) >= 11 is 0. The number of nitrogens with zero attached hydrogens (tertiary/aromatic N) is 5. The number of benzene rings is 2. The molecule has 4 aromatic rings. The summed E-state index contributed by atoms with van der Waals surface area (Å²) in [6, 6.07) is 5.66. The molecule has 4 aliphatic rings. The lowest BCUT2D eigenvalue weighted by Gasteiger charge is -2.34. The van der Waals surface area contributed by atoms with Gasteiger partial charge in [-0.05, 0) is 63.8 Å². The Morgan fingerprint density at radius 3 is 2.69 bits per heavy atom. The van der Waals surface area contributed by atoms with Crippen molar-refractivity contribution in [1.29, 1.82) is 0 Å². The van der Waals surface area contributed by atoms with Gasteiger partial charge in [0.2, 0.25) is 0 Å².